The van der Waals surface area contributed by atoms with Crippen molar-refractivity contribution in [3.05, 3.63) is 54.1 Å². The largest absolute Gasteiger partial charge is 0.381 e. The smallest absolute Gasteiger partial charge is 0.329 e. The Morgan fingerprint density at radius 2 is 2.00 bits per heavy atom. The monoisotopic (exact) mass is 446 g/mol. The van der Waals surface area contributed by atoms with Gasteiger partial charge in [-0.1, -0.05) is 31.2 Å². The Labute approximate surface area is 193 Å². The summed E-state index contributed by atoms with van der Waals surface area (Å²) in [7, 11) is 0. The SMILES string of the molecule is CC1CN(Cc2cccc3cccnc23)CC1C1=NC2=CN(C3CCOCC3)CN2C(=O)N1. The van der Waals surface area contributed by atoms with Crippen molar-refractivity contribution in [3.63, 3.8) is 0 Å². The molecule has 8 heteroatoms. The summed E-state index contributed by atoms with van der Waals surface area (Å²) in [4.78, 5) is 28.9. The zero-order valence-electron chi connectivity index (χ0n) is 19.0. The van der Waals surface area contributed by atoms with E-state index in [1.54, 1.807) is 4.90 Å². The van der Waals surface area contributed by atoms with Crippen LogP contribution < -0.4 is 5.32 Å². The standard InChI is InChI=1S/C25H30N6O2/c1-17-12-29(13-19-5-2-4-18-6-3-9-26-23(18)19)14-21(17)24-27-22-15-30(16-31(22)25(32)28-24)20-7-10-33-11-8-20/h2-6,9,15,17,20-21H,7-8,10-14,16H2,1H3,(H,27,28,32). The first-order valence-electron chi connectivity index (χ1n) is 11.9. The van der Waals surface area contributed by atoms with Crippen molar-refractivity contribution in [2.75, 3.05) is 33.0 Å². The minimum atomic E-state index is -0.0651. The number of fused-ring (bicyclic) bond motifs is 2. The molecule has 4 aliphatic heterocycles. The molecule has 2 fully saturated rings. The van der Waals surface area contributed by atoms with Crippen LogP contribution in [0.15, 0.2) is 53.5 Å². The number of carbonyl (C=O) groups excluding carboxylic acids is 1. The molecule has 0 spiro atoms. The summed E-state index contributed by atoms with van der Waals surface area (Å²) >= 11 is 0. The molecule has 0 radical (unpaired) electrons. The molecule has 0 aliphatic carbocycles. The lowest BCUT2D eigenvalue weighted by molar-refractivity contribution is 0.0459. The maximum Gasteiger partial charge on any atom is 0.329 e. The fraction of sp³-hybridized carbons (Fsp3) is 0.480. The number of para-hydroxylation sites is 1. The predicted molar refractivity (Wildman–Crippen MR) is 126 cm³/mol. The van der Waals surface area contributed by atoms with Crippen LogP contribution in [0.25, 0.3) is 10.9 Å². The number of ether oxygens (including phenoxy) is 1. The van der Waals surface area contributed by atoms with E-state index in [9.17, 15) is 4.79 Å². The van der Waals surface area contributed by atoms with Crippen LogP contribution in [0.1, 0.15) is 25.3 Å². The van der Waals surface area contributed by atoms with Gasteiger partial charge in [-0.2, -0.15) is 0 Å². The van der Waals surface area contributed by atoms with Crippen LogP contribution in [0.5, 0.6) is 0 Å². The van der Waals surface area contributed by atoms with E-state index in [0.29, 0.717) is 18.6 Å². The molecule has 5 heterocycles. The van der Waals surface area contributed by atoms with Crippen LogP contribution >= 0.6 is 0 Å². The molecule has 1 aromatic carbocycles. The molecular weight excluding hydrogens is 416 g/mol. The van der Waals surface area contributed by atoms with Gasteiger partial charge in [0.25, 0.3) is 0 Å². The molecule has 2 aromatic rings. The molecule has 1 N–H and O–H groups in total. The highest BCUT2D eigenvalue weighted by Crippen LogP contribution is 2.31. The maximum atomic E-state index is 12.9. The molecule has 2 amide bonds. The van der Waals surface area contributed by atoms with Crippen molar-refractivity contribution in [3.8, 4) is 0 Å². The highest BCUT2D eigenvalue weighted by molar-refractivity contribution is 6.02. The zero-order valence-corrected chi connectivity index (χ0v) is 19.0. The summed E-state index contributed by atoms with van der Waals surface area (Å²) in [6, 6.07) is 10.8. The third-order valence-electron chi connectivity index (χ3n) is 7.39. The van der Waals surface area contributed by atoms with Crippen LogP contribution in [0.3, 0.4) is 0 Å². The number of nitrogens with one attached hydrogen (secondary N) is 1. The van der Waals surface area contributed by atoms with Crippen molar-refractivity contribution < 1.29 is 9.53 Å². The highest BCUT2D eigenvalue weighted by Gasteiger charge is 2.40. The number of likely N-dealkylation sites (tertiary alicyclic amines) is 1. The minimum Gasteiger partial charge on any atom is -0.381 e. The number of amidine groups is 1. The van der Waals surface area contributed by atoms with Crippen LogP contribution in [0.2, 0.25) is 0 Å². The van der Waals surface area contributed by atoms with E-state index >= 15 is 0 Å². The summed E-state index contributed by atoms with van der Waals surface area (Å²) in [5, 5.41) is 4.27. The topological polar surface area (TPSA) is 73.3 Å². The van der Waals surface area contributed by atoms with E-state index in [-0.39, 0.29) is 11.9 Å². The fourth-order valence-electron chi connectivity index (χ4n) is 5.58. The Morgan fingerprint density at radius 1 is 1.15 bits per heavy atom. The number of nitrogens with zero attached hydrogens (tertiary/aromatic N) is 5. The summed E-state index contributed by atoms with van der Waals surface area (Å²) in [5.41, 5.74) is 2.31. The van der Waals surface area contributed by atoms with Gasteiger partial charge in [0, 0.05) is 62.6 Å². The number of urea groups is 1. The molecule has 2 saturated heterocycles. The number of hydrogen-bond donors (Lipinski definition) is 1. The Hall–Kier alpha value is -2.97. The van der Waals surface area contributed by atoms with Gasteiger partial charge in [-0.3, -0.25) is 20.1 Å². The Morgan fingerprint density at radius 3 is 2.88 bits per heavy atom. The summed E-state index contributed by atoms with van der Waals surface area (Å²) in [5.74, 6) is 2.19. The van der Waals surface area contributed by atoms with Crippen molar-refractivity contribution in [2.45, 2.75) is 32.4 Å². The first kappa shape index (κ1) is 20.6. The van der Waals surface area contributed by atoms with Crippen molar-refractivity contribution in [1.29, 1.82) is 0 Å². The van der Waals surface area contributed by atoms with Gasteiger partial charge in [-0.25, -0.2) is 9.79 Å². The summed E-state index contributed by atoms with van der Waals surface area (Å²) in [6.45, 7) is 7.09. The molecule has 4 aliphatic rings. The van der Waals surface area contributed by atoms with Crippen LogP contribution in [0.4, 0.5) is 4.79 Å². The lowest BCUT2D eigenvalue weighted by Gasteiger charge is -2.32. The van der Waals surface area contributed by atoms with E-state index in [1.807, 2.05) is 12.3 Å². The number of amides is 2. The van der Waals surface area contributed by atoms with Crippen molar-refractivity contribution in [2.24, 2.45) is 16.8 Å². The van der Waals surface area contributed by atoms with Crippen molar-refractivity contribution >= 4 is 22.8 Å². The second kappa shape index (κ2) is 8.43. The molecule has 6 rings (SSSR count). The average Bonchev–Trinajstić information content (AvgIpc) is 3.44. The van der Waals surface area contributed by atoms with Gasteiger partial charge in [-0.15, -0.1) is 0 Å². The number of rotatable bonds is 4. The Balaban J connectivity index is 1.19. The maximum absolute atomic E-state index is 12.9. The van der Waals surface area contributed by atoms with Gasteiger partial charge < -0.3 is 9.64 Å². The molecule has 2 atom stereocenters. The summed E-state index contributed by atoms with van der Waals surface area (Å²) < 4.78 is 5.50. The van der Waals surface area contributed by atoms with Gasteiger partial charge in [0.05, 0.1) is 5.52 Å². The van der Waals surface area contributed by atoms with Gasteiger partial charge in [0.15, 0.2) is 5.82 Å². The third-order valence-corrected chi connectivity index (χ3v) is 7.39. The fourth-order valence-corrected chi connectivity index (χ4v) is 5.58. The van der Waals surface area contributed by atoms with Gasteiger partial charge in [0.1, 0.15) is 12.5 Å². The molecule has 0 bridgehead atoms. The van der Waals surface area contributed by atoms with E-state index in [1.165, 1.54) is 10.9 Å². The quantitative estimate of drug-likeness (QED) is 0.782. The van der Waals surface area contributed by atoms with Gasteiger partial charge >= 0.3 is 6.03 Å². The first-order chi connectivity index (χ1) is 16.2. The number of aromatic nitrogens is 1. The van der Waals surface area contributed by atoms with E-state index in [4.69, 9.17) is 9.73 Å². The number of carbonyl (C=O) groups is 1. The van der Waals surface area contributed by atoms with Gasteiger partial charge in [0.2, 0.25) is 0 Å². The van der Waals surface area contributed by atoms with Gasteiger partial charge in [-0.05, 0) is 30.4 Å². The number of hydrogen-bond acceptors (Lipinski definition) is 6. The lowest BCUT2D eigenvalue weighted by Crippen LogP contribution is -2.50. The molecule has 172 valence electrons. The zero-order chi connectivity index (χ0) is 22.4. The second-order valence-corrected chi connectivity index (χ2v) is 9.61. The normalized spacial score (nSPS) is 26.4. The Kier molecular flexibility index (Phi) is 5.27. The number of pyridine rings is 1. The van der Waals surface area contributed by atoms with Crippen LogP contribution in [0, 0.1) is 11.8 Å². The highest BCUT2D eigenvalue weighted by atomic mass is 16.5. The molecule has 0 saturated carbocycles. The number of benzene rings is 1. The molecule has 8 nitrogen and oxygen atoms in total. The number of aliphatic imine (C=N–C) groups is 1. The molecular formula is C25H30N6O2. The predicted octanol–water partition coefficient (Wildman–Crippen LogP) is 2.98. The van der Waals surface area contributed by atoms with E-state index < -0.39 is 0 Å². The molecule has 2 unspecified atom stereocenters. The Bertz CT molecular complexity index is 1120. The van der Waals surface area contributed by atoms with E-state index in [2.05, 4.69) is 57.5 Å². The average molecular weight is 447 g/mol. The van der Waals surface area contributed by atoms with Crippen molar-refractivity contribution in [1.82, 2.24) is 25.0 Å². The molecule has 1 aromatic heterocycles. The summed E-state index contributed by atoms with van der Waals surface area (Å²) in [6.07, 6.45) is 5.91. The van der Waals surface area contributed by atoms with E-state index in [0.717, 1.165) is 62.9 Å². The first-order valence-corrected chi connectivity index (χ1v) is 11.9. The lowest BCUT2D eigenvalue weighted by atomic mass is 9.96. The third kappa shape index (κ3) is 3.87. The van der Waals surface area contributed by atoms with Crippen LogP contribution in [-0.4, -0.2) is 70.6 Å². The second-order valence-electron chi connectivity index (χ2n) is 9.61. The van der Waals surface area contributed by atoms with Crippen LogP contribution in [-0.2, 0) is 11.3 Å². The minimum absolute atomic E-state index is 0.0651. The molecule has 33 heavy (non-hydrogen) atoms.